The van der Waals surface area contributed by atoms with Gasteiger partial charge in [-0.05, 0) is 20.8 Å². The van der Waals surface area contributed by atoms with Crippen molar-refractivity contribution in [3.63, 3.8) is 0 Å². The molecule has 1 aliphatic rings. The molecule has 1 amide bonds. The number of nitrogens with zero attached hydrogens (tertiary/aromatic N) is 3. The number of nitrogen functional groups attached to an aromatic ring is 1. The molecule has 1 unspecified atom stereocenters. The number of hydrogen-bond acceptors (Lipinski definition) is 4. The van der Waals surface area contributed by atoms with E-state index < -0.39 is 0 Å². The lowest BCUT2D eigenvalue weighted by molar-refractivity contribution is -0.140. The topological polar surface area (TPSA) is 73.4 Å². The number of aromatic nitrogens is 2. The zero-order valence-corrected chi connectivity index (χ0v) is 11.1. The quantitative estimate of drug-likeness (QED) is 0.823. The molecule has 0 spiro atoms. The van der Waals surface area contributed by atoms with E-state index in [4.69, 9.17) is 10.5 Å². The second kappa shape index (κ2) is 4.97. The zero-order chi connectivity index (χ0) is 13.3. The summed E-state index contributed by atoms with van der Waals surface area (Å²) in [5.74, 6) is 0.0661. The predicted octanol–water partition coefficient (Wildman–Crippen LogP) is 0.329. The van der Waals surface area contributed by atoms with Crippen molar-refractivity contribution in [2.75, 3.05) is 25.5 Å². The van der Waals surface area contributed by atoms with Crippen LogP contribution in [0, 0.1) is 13.8 Å². The molecule has 0 bridgehead atoms. The summed E-state index contributed by atoms with van der Waals surface area (Å²) in [6.07, 6.45) is 0. The van der Waals surface area contributed by atoms with Crippen molar-refractivity contribution in [3.05, 3.63) is 11.4 Å². The van der Waals surface area contributed by atoms with Gasteiger partial charge < -0.3 is 15.4 Å². The number of ether oxygens (including phenoxy) is 1. The van der Waals surface area contributed by atoms with E-state index in [9.17, 15) is 4.79 Å². The van der Waals surface area contributed by atoms with E-state index in [0.717, 1.165) is 11.4 Å². The molecule has 1 aliphatic heterocycles. The molecular formula is C12H20N4O2. The largest absolute Gasteiger partial charge is 0.396 e. The van der Waals surface area contributed by atoms with E-state index in [1.54, 1.807) is 4.68 Å². The van der Waals surface area contributed by atoms with E-state index in [0.29, 0.717) is 25.4 Å². The number of nitrogens with two attached hydrogens (primary N) is 1. The fourth-order valence-electron chi connectivity index (χ4n) is 2.18. The Morgan fingerprint density at radius 2 is 2.28 bits per heavy atom. The van der Waals surface area contributed by atoms with Crippen LogP contribution in [0.25, 0.3) is 0 Å². The van der Waals surface area contributed by atoms with Gasteiger partial charge in [-0.1, -0.05) is 0 Å². The molecule has 2 N–H and O–H groups in total. The summed E-state index contributed by atoms with van der Waals surface area (Å²) in [5.41, 5.74) is 8.14. The van der Waals surface area contributed by atoms with Gasteiger partial charge in [-0.15, -0.1) is 0 Å². The van der Waals surface area contributed by atoms with Crippen LogP contribution in [0.1, 0.15) is 18.3 Å². The number of anilines is 1. The monoisotopic (exact) mass is 252 g/mol. The van der Waals surface area contributed by atoms with Crippen LogP contribution in [0.5, 0.6) is 0 Å². The van der Waals surface area contributed by atoms with E-state index >= 15 is 0 Å². The Labute approximate surface area is 107 Å². The Balaban J connectivity index is 2.08. The smallest absolute Gasteiger partial charge is 0.244 e. The highest BCUT2D eigenvalue weighted by Crippen LogP contribution is 2.15. The average molecular weight is 252 g/mol. The molecule has 1 saturated heterocycles. The van der Waals surface area contributed by atoms with Crippen LogP contribution in [0.3, 0.4) is 0 Å². The molecule has 1 atom stereocenters. The van der Waals surface area contributed by atoms with Crippen LogP contribution in [-0.2, 0) is 16.1 Å². The van der Waals surface area contributed by atoms with Crippen molar-refractivity contribution in [2.24, 2.45) is 0 Å². The van der Waals surface area contributed by atoms with E-state index in [2.05, 4.69) is 5.10 Å². The first-order chi connectivity index (χ1) is 8.50. The van der Waals surface area contributed by atoms with Crippen LogP contribution < -0.4 is 5.73 Å². The molecule has 1 aromatic rings. The summed E-state index contributed by atoms with van der Waals surface area (Å²) in [6.45, 7) is 7.82. The molecule has 2 heterocycles. The van der Waals surface area contributed by atoms with Gasteiger partial charge >= 0.3 is 0 Å². The van der Waals surface area contributed by atoms with Gasteiger partial charge in [0.05, 0.1) is 36.3 Å². The third-order valence-electron chi connectivity index (χ3n) is 3.41. The number of rotatable bonds is 2. The first-order valence-corrected chi connectivity index (χ1v) is 6.17. The Kier molecular flexibility index (Phi) is 3.56. The van der Waals surface area contributed by atoms with Crippen molar-refractivity contribution in [2.45, 2.75) is 33.4 Å². The van der Waals surface area contributed by atoms with Gasteiger partial charge in [0.1, 0.15) is 6.54 Å². The number of morpholine rings is 1. The molecule has 0 saturated carbocycles. The van der Waals surface area contributed by atoms with E-state index in [1.165, 1.54) is 0 Å². The molecule has 6 heteroatoms. The molecule has 0 aromatic carbocycles. The Morgan fingerprint density at radius 3 is 2.83 bits per heavy atom. The van der Waals surface area contributed by atoms with Gasteiger partial charge in [0.25, 0.3) is 0 Å². The summed E-state index contributed by atoms with van der Waals surface area (Å²) in [6, 6.07) is 0.126. The second-order valence-electron chi connectivity index (χ2n) is 4.75. The first-order valence-electron chi connectivity index (χ1n) is 6.17. The number of amides is 1. The molecular weight excluding hydrogens is 232 g/mol. The Morgan fingerprint density at radius 1 is 1.56 bits per heavy atom. The summed E-state index contributed by atoms with van der Waals surface area (Å²) in [5, 5.41) is 4.28. The SMILES string of the molecule is Cc1nn(CC(=O)N2CCOCC2C)c(C)c1N. The summed E-state index contributed by atoms with van der Waals surface area (Å²) < 4.78 is 7.00. The lowest BCUT2D eigenvalue weighted by Crippen LogP contribution is -2.48. The minimum atomic E-state index is 0.0661. The fourth-order valence-corrected chi connectivity index (χ4v) is 2.18. The molecule has 100 valence electrons. The van der Waals surface area contributed by atoms with Crippen molar-refractivity contribution < 1.29 is 9.53 Å². The fraction of sp³-hybridized carbons (Fsp3) is 0.667. The van der Waals surface area contributed by atoms with Gasteiger partial charge in [-0.2, -0.15) is 5.10 Å². The zero-order valence-electron chi connectivity index (χ0n) is 11.1. The maximum Gasteiger partial charge on any atom is 0.244 e. The minimum absolute atomic E-state index is 0.0661. The number of hydrogen-bond donors (Lipinski definition) is 1. The molecule has 6 nitrogen and oxygen atoms in total. The standard InChI is InChI=1S/C12H20N4O2/c1-8-7-18-5-4-15(8)11(17)6-16-10(3)12(13)9(2)14-16/h8H,4-7,13H2,1-3H3. The van der Waals surface area contributed by atoms with Crippen molar-refractivity contribution >= 4 is 11.6 Å². The van der Waals surface area contributed by atoms with Crippen molar-refractivity contribution in [1.29, 1.82) is 0 Å². The lowest BCUT2D eigenvalue weighted by Gasteiger charge is -2.33. The Bertz CT molecular complexity index is 455. The van der Waals surface area contributed by atoms with Crippen molar-refractivity contribution in [1.82, 2.24) is 14.7 Å². The van der Waals surface area contributed by atoms with E-state index in [1.807, 2.05) is 25.7 Å². The lowest BCUT2D eigenvalue weighted by atomic mass is 10.2. The highest BCUT2D eigenvalue weighted by Gasteiger charge is 2.24. The minimum Gasteiger partial charge on any atom is -0.396 e. The molecule has 1 fully saturated rings. The van der Waals surface area contributed by atoms with Crippen LogP contribution in [0.15, 0.2) is 0 Å². The maximum atomic E-state index is 12.2. The summed E-state index contributed by atoms with van der Waals surface area (Å²) in [4.78, 5) is 14.1. The number of aryl methyl sites for hydroxylation is 1. The van der Waals surface area contributed by atoms with Gasteiger partial charge in [0.15, 0.2) is 0 Å². The molecule has 0 radical (unpaired) electrons. The molecule has 1 aromatic heterocycles. The Hall–Kier alpha value is -1.56. The number of carbonyl (C=O) groups is 1. The van der Waals surface area contributed by atoms with Crippen LogP contribution in [0.4, 0.5) is 5.69 Å². The molecule has 18 heavy (non-hydrogen) atoms. The van der Waals surface area contributed by atoms with Gasteiger partial charge in [-0.25, -0.2) is 0 Å². The van der Waals surface area contributed by atoms with Crippen LogP contribution in [0.2, 0.25) is 0 Å². The second-order valence-corrected chi connectivity index (χ2v) is 4.75. The summed E-state index contributed by atoms with van der Waals surface area (Å²) in [7, 11) is 0. The maximum absolute atomic E-state index is 12.2. The average Bonchev–Trinajstić information content (AvgIpc) is 2.57. The highest BCUT2D eigenvalue weighted by molar-refractivity contribution is 5.76. The normalized spacial score (nSPS) is 20.2. The van der Waals surface area contributed by atoms with Gasteiger partial charge in [0.2, 0.25) is 5.91 Å². The van der Waals surface area contributed by atoms with Crippen LogP contribution >= 0.6 is 0 Å². The molecule has 0 aliphatic carbocycles. The van der Waals surface area contributed by atoms with Crippen LogP contribution in [-0.4, -0.2) is 46.4 Å². The van der Waals surface area contributed by atoms with E-state index in [-0.39, 0.29) is 18.5 Å². The van der Waals surface area contributed by atoms with Gasteiger partial charge in [-0.3, -0.25) is 9.48 Å². The van der Waals surface area contributed by atoms with Crippen molar-refractivity contribution in [3.8, 4) is 0 Å². The predicted molar refractivity (Wildman–Crippen MR) is 68.1 cm³/mol. The highest BCUT2D eigenvalue weighted by atomic mass is 16.5. The summed E-state index contributed by atoms with van der Waals surface area (Å²) >= 11 is 0. The third kappa shape index (κ3) is 2.33. The molecule has 2 rings (SSSR count). The number of carbonyl (C=O) groups excluding carboxylic acids is 1. The van der Waals surface area contributed by atoms with Gasteiger partial charge in [0, 0.05) is 6.54 Å². The third-order valence-corrected chi connectivity index (χ3v) is 3.41. The first kappa shape index (κ1) is 12.9.